The van der Waals surface area contributed by atoms with Gasteiger partial charge in [0.2, 0.25) is 0 Å². The van der Waals surface area contributed by atoms with Crippen molar-refractivity contribution in [3.8, 4) is 5.82 Å². The van der Waals surface area contributed by atoms with E-state index in [9.17, 15) is 0 Å². The smallest absolute Gasteiger partial charge is 0.161 e. The van der Waals surface area contributed by atoms with E-state index in [1.807, 2.05) is 0 Å². The SMILES string of the molecule is [2H]c1nc(-n2c([2H])nc(Br)c2[2H])c(N)c([2H])c1[2H]. The average molecular weight is 244 g/mol. The number of aromatic nitrogens is 3. The van der Waals surface area contributed by atoms with Gasteiger partial charge in [-0.15, -0.1) is 0 Å². The molecule has 5 heteroatoms. The second-order valence-corrected chi connectivity index (χ2v) is 2.91. The van der Waals surface area contributed by atoms with Gasteiger partial charge in [0.05, 0.1) is 11.2 Å². The van der Waals surface area contributed by atoms with Crippen molar-refractivity contribution in [3.63, 3.8) is 0 Å². The van der Waals surface area contributed by atoms with E-state index in [0.29, 0.717) is 0 Å². The Balaban J connectivity index is 2.80. The highest BCUT2D eigenvalue weighted by molar-refractivity contribution is 9.10. The predicted molar refractivity (Wildman–Crippen MR) is 53.5 cm³/mol. The predicted octanol–water partition coefficient (Wildman–Crippen LogP) is 1.61. The minimum Gasteiger partial charge on any atom is -0.396 e. The van der Waals surface area contributed by atoms with Gasteiger partial charge in [0.1, 0.15) is 12.3 Å². The summed E-state index contributed by atoms with van der Waals surface area (Å²) in [6, 6.07) is -0.748. The molecule has 2 aromatic heterocycles. The van der Waals surface area contributed by atoms with E-state index in [4.69, 9.17) is 12.6 Å². The Hall–Kier alpha value is -1.36. The zero-order valence-electron chi connectivity index (χ0n) is 11.3. The number of imidazole rings is 1. The van der Waals surface area contributed by atoms with E-state index < -0.39 is 12.2 Å². The number of nitrogen functional groups attached to an aromatic ring is 1. The van der Waals surface area contributed by atoms with Gasteiger partial charge in [-0.05, 0) is 28.0 Å². The van der Waals surface area contributed by atoms with Crippen LogP contribution < -0.4 is 5.73 Å². The molecule has 0 aliphatic rings. The summed E-state index contributed by atoms with van der Waals surface area (Å²) in [7, 11) is 0. The second-order valence-electron chi connectivity index (χ2n) is 2.16. The van der Waals surface area contributed by atoms with E-state index in [2.05, 4.69) is 25.9 Å². The van der Waals surface area contributed by atoms with Gasteiger partial charge >= 0.3 is 0 Å². The highest BCUT2D eigenvalue weighted by atomic mass is 79.9. The molecular weight excluding hydrogens is 232 g/mol. The largest absolute Gasteiger partial charge is 0.396 e. The van der Waals surface area contributed by atoms with E-state index >= 15 is 0 Å². The van der Waals surface area contributed by atoms with Gasteiger partial charge in [0, 0.05) is 12.3 Å². The number of nitrogens with two attached hydrogens (primary N) is 1. The van der Waals surface area contributed by atoms with Crippen LogP contribution in [-0.2, 0) is 0 Å². The first-order valence-electron chi connectivity index (χ1n) is 5.79. The molecule has 0 fully saturated rings. The topological polar surface area (TPSA) is 56.7 Å². The van der Waals surface area contributed by atoms with Crippen LogP contribution in [0.3, 0.4) is 0 Å². The van der Waals surface area contributed by atoms with Gasteiger partial charge in [-0.2, -0.15) is 0 Å². The van der Waals surface area contributed by atoms with Crippen LogP contribution >= 0.6 is 15.9 Å². The highest BCUT2D eigenvalue weighted by Gasteiger charge is 2.02. The molecule has 0 saturated heterocycles. The molecule has 0 aliphatic carbocycles. The maximum Gasteiger partial charge on any atom is 0.161 e. The summed E-state index contributed by atoms with van der Waals surface area (Å²) in [6.07, 6.45) is -0.883. The molecule has 0 atom stereocenters. The minimum atomic E-state index is -0.437. The van der Waals surface area contributed by atoms with Crippen molar-refractivity contribution in [1.29, 1.82) is 0 Å². The molecule has 2 heterocycles. The Bertz CT molecular complexity index is 641. The molecular formula is C8H7BrN4. The molecule has 66 valence electrons. The van der Waals surface area contributed by atoms with E-state index in [-0.39, 0.29) is 34.6 Å². The lowest BCUT2D eigenvalue weighted by Gasteiger charge is -2.02. The number of pyridine rings is 1. The quantitative estimate of drug-likeness (QED) is 0.829. The van der Waals surface area contributed by atoms with Crippen LogP contribution in [0.4, 0.5) is 5.69 Å². The summed E-state index contributed by atoms with van der Waals surface area (Å²) < 4.78 is 38.9. The summed E-state index contributed by atoms with van der Waals surface area (Å²) >= 11 is 3.00. The molecule has 0 amide bonds. The fraction of sp³-hybridized carbons (Fsp3) is 0. The number of rotatable bonds is 1. The van der Waals surface area contributed by atoms with E-state index in [1.54, 1.807) is 0 Å². The monoisotopic (exact) mass is 243 g/mol. The first kappa shape index (κ1) is 4.23. The van der Waals surface area contributed by atoms with E-state index in [0.717, 1.165) is 4.57 Å². The Morgan fingerprint density at radius 2 is 2.38 bits per heavy atom. The van der Waals surface area contributed by atoms with Crippen molar-refractivity contribution in [2.45, 2.75) is 0 Å². The second kappa shape index (κ2) is 3.18. The summed E-state index contributed by atoms with van der Waals surface area (Å²) in [5.74, 6) is -0.103. The Morgan fingerprint density at radius 3 is 3.08 bits per heavy atom. The maximum atomic E-state index is 7.71. The molecule has 0 saturated carbocycles. The Kier molecular flexibility index (Phi) is 1.04. The third kappa shape index (κ3) is 1.55. The molecule has 2 rings (SSSR count). The third-order valence-electron chi connectivity index (χ3n) is 1.32. The van der Waals surface area contributed by atoms with Crippen LogP contribution in [0.25, 0.3) is 5.82 Å². The molecule has 13 heavy (non-hydrogen) atoms. The maximum absolute atomic E-state index is 7.71. The van der Waals surface area contributed by atoms with Crippen LogP contribution in [-0.4, -0.2) is 14.5 Å². The molecule has 0 radical (unpaired) electrons. The van der Waals surface area contributed by atoms with Gasteiger partial charge in [-0.3, -0.25) is 4.57 Å². The van der Waals surface area contributed by atoms with Crippen LogP contribution in [0, 0.1) is 0 Å². The fourth-order valence-electron chi connectivity index (χ4n) is 0.799. The molecule has 0 spiro atoms. The van der Waals surface area contributed by atoms with Gasteiger partial charge in [-0.1, -0.05) is 0 Å². The summed E-state index contributed by atoms with van der Waals surface area (Å²) in [4.78, 5) is 7.44. The van der Waals surface area contributed by atoms with Crippen LogP contribution in [0.15, 0.2) is 35.3 Å². The lowest BCUT2D eigenvalue weighted by atomic mass is 10.4. The Morgan fingerprint density at radius 1 is 1.54 bits per heavy atom. The van der Waals surface area contributed by atoms with Crippen molar-refractivity contribution in [3.05, 3.63) is 35.3 Å². The summed E-state index contributed by atoms with van der Waals surface area (Å²) in [5.41, 5.74) is 5.48. The van der Waals surface area contributed by atoms with Crippen molar-refractivity contribution in [2.24, 2.45) is 0 Å². The molecule has 4 nitrogen and oxygen atoms in total. The van der Waals surface area contributed by atoms with Gasteiger partial charge in [0.25, 0.3) is 0 Å². The number of nitrogens with zero attached hydrogens (tertiary/aromatic N) is 3. The summed E-state index contributed by atoms with van der Waals surface area (Å²) in [5, 5.41) is 0. The van der Waals surface area contributed by atoms with Crippen LogP contribution in [0.2, 0.25) is 0 Å². The lowest BCUT2D eigenvalue weighted by Crippen LogP contribution is -1.99. The minimum absolute atomic E-state index is 0.103. The van der Waals surface area contributed by atoms with Crippen molar-refractivity contribution >= 4 is 21.6 Å². The molecule has 0 unspecified atom stereocenters. The van der Waals surface area contributed by atoms with Crippen molar-refractivity contribution in [1.82, 2.24) is 14.5 Å². The van der Waals surface area contributed by atoms with Crippen LogP contribution in [0.5, 0.6) is 0 Å². The molecule has 2 aromatic rings. The molecule has 2 N–H and O–H groups in total. The van der Waals surface area contributed by atoms with Crippen molar-refractivity contribution < 1.29 is 6.85 Å². The zero-order chi connectivity index (χ0) is 13.6. The number of hydrogen-bond acceptors (Lipinski definition) is 3. The number of hydrogen-bond donors (Lipinski definition) is 1. The zero-order valence-corrected chi connectivity index (χ0v) is 7.88. The fourth-order valence-corrected chi connectivity index (χ4v) is 1.06. The van der Waals surface area contributed by atoms with Crippen molar-refractivity contribution in [2.75, 3.05) is 5.73 Å². The molecule has 0 aromatic carbocycles. The third-order valence-corrected chi connectivity index (χ3v) is 1.67. The lowest BCUT2D eigenvalue weighted by molar-refractivity contribution is 0.997. The average Bonchev–Trinajstić information content (AvgIpc) is 2.56. The highest BCUT2D eigenvalue weighted by Crippen LogP contribution is 2.15. The Labute approximate surface area is 90.6 Å². The van der Waals surface area contributed by atoms with Gasteiger partial charge in [0.15, 0.2) is 5.82 Å². The molecule has 0 aliphatic heterocycles. The molecule has 0 bridgehead atoms. The normalized spacial score (nSPS) is 15.6. The first-order valence-corrected chi connectivity index (χ1v) is 4.09. The number of halogens is 1. The van der Waals surface area contributed by atoms with Crippen LogP contribution in [0.1, 0.15) is 6.85 Å². The standard InChI is InChI=1S/C8H7BrN4/c9-7-4-13(5-12-7)8-6(10)2-1-3-11-8/h1-5H,10H2/i1D,2D,3D,4D,5D. The van der Waals surface area contributed by atoms with Gasteiger partial charge < -0.3 is 5.73 Å². The van der Waals surface area contributed by atoms with Gasteiger partial charge in [-0.25, -0.2) is 9.97 Å². The summed E-state index contributed by atoms with van der Waals surface area (Å²) in [6.45, 7) is 0. The first-order chi connectivity index (χ1) is 8.34. The number of anilines is 1. The van der Waals surface area contributed by atoms with E-state index in [1.165, 1.54) is 0 Å².